The molecule has 0 aliphatic heterocycles. The predicted octanol–water partition coefficient (Wildman–Crippen LogP) is 0.439. The Morgan fingerprint density at radius 1 is 1.42 bits per heavy atom. The minimum absolute atomic E-state index is 0.0586. The van der Waals surface area contributed by atoms with Gasteiger partial charge in [0.1, 0.15) is 11.7 Å². The van der Waals surface area contributed by atoms with Crippen LogP contribution in [0.4, 0.5) is 0 Å². The number of aliphatic hydroxyl groups excluding tert-OH is 1. The van der Waals surface area contributed by atoms with Crippen molar-refractivity contribution in [1.82, 2.24) is 0 Å². The van der Waals surface area contributed by atoms with Crippen LogP contribution in [-0.2, 0) is 9.59 Å². The lowest BCUT2D eigenvalue weighted by Crippen LogP contribution is -2.24. The topological polar surface area (TPSA) is 74.6 Å². The largest absolute Gasteiger partial charge is 0.481 e. The number of carbonyl (C=O) groups is 2. The molecule has 2 N–H and O–H groups in total. The molecule has 0 aromatic heterocycles. The summed E-state index contributed by atoms with van der Waals surface area (Å²) in [6.45, 7) is 1.55. The fraction of sp³-hybridized carbons (Fsp3) is 0.750. The van der Waals surface area contributed by atoms with Gasteiger partial charge in [0.25, 0.3) is 0 Å². The van der Waals surface area contributed by atoms with Crippen LogP contribution in [0.3, 0.4) is 0 Å². The van der Waals surface area contributed by atoms with Gasteiger partial charge in [0, 0.05) is 13.0 Å². The third-order valence-electron chi connectivity index (χ3n) is 1.62. The second-order valence-electron chi connectivity index (χ2n) is 2.62. The van der Waals surface area contributed by atoms with Crippen LogP contribution in [0, 0.1) is 5.92 Å². The van der Waals surface area contributed by atoms with E-state index in [0.717, 1.165) is 0 Å². The molecule has 12 heavy (non-hydrogen) atoms. The fourth-order valence-corrected chi connectivity index (χ4v) is 0.995. The third-order valence-corrected chi connectivity index (χ3v) is 1.62. The third kappa shape index (κ3) is 3.48. The molecule has 0 saturated carbocycles. The highest BCUT2D eigenvalue weighted by molar-refractivity contribution is 5.98. The van der Waals surface area contributed by atoms with Gasteiger partial charge >= 0.3 is 5.97 Å². The quantitative estimate of drug-likeness (QED) is 0.573. The number of rotatable bonds is 6. The van der Waals surface area contributed by atoms with E-state index in [-0.39, 0.29) is 18.8 Å². The lowest BCUT2D eigenvalue weighted by atomic mass is 9.97. The van der Waals surface area contributed by atoms with Crippen molar-refractivity contribution in [2.24, 2.45) is 5.92 Å². The first-order chi connectivity index (χ1) is 5.63. The van der Waals surface area contributed by atoms with Crippen LogP contribution in [0.25, 0.3) is 0 Å². The first kappa shape index (κ1) is 11.1. The Morgan fingerprint density at radius 3 is 2.33 bits per heavy atom. The molecular formula is C8H14O4. The van der Waals surface area contributed by atoms with Crippen molar-refractivity contribution in [3.05, 3.63) is 0 Å². The zero-order valence-electron chi connectivity index (χ0n) is 7.12. The van der Waals surface area contributed by atoms with Crippen LogP contribution in [-0.4, -0.2) is 28.6 Å². The number of aliphatic carboxylic acids is 1. The molecule has 0 spiro atoms. The Kier molecular flexibility index (Phi) is 5.28. The molecule has 4 nitrogen and oxygen atoms in total. The number of aliphatic hydroxyl groups is 1. The Balaban J connectivity index is 4.09. The van der Waals surface area contributed by atoms with Gasteiger partial charge in [0.15, 0.2) is 0 Å². The van der Waals surface area contributed by atoms with E-state index >= 15 is 0 Å². The summed E-state index contributed by atoms with van der Waals surface area (Å²) in [7, 11) is 0. The van der Waals surface area contributed by atoms with Crippen LogP contribution >= 0.6 is 0 Å². The van der Waals surface area contributed by atoms with Crippen LogP contribution in [0.5, 0.6) is 0 Å². The summed E-state index contributed by atoms with van der Waals surface area (Å²) in [5.41, 5.74) is 0. The summed E-state index contributed by atoms with van der Waals surface area (Å²) in [6, 6.07) is 0. The molecule has 1 atom stereocenters. The van der Waals surface area contributed by atoms with Gasteiger partial charge < -0.3 is 10.2 Å². The number of carboxylic acids is 1. The lowest BCUT2D eigenvalue weighted by molar-refractivity contribution is -0.146. The van der Waals surface area contributed by atoms with Gasteiger partial charge in [-0.1, -0.05) is 13.3 Å². The molecule has 1 unspecified atom stereocenters. The van der Waals surface area contributed by atoms with Crippen LogP contribution in [0.1, 0.15) is 26.2 Å². The molecule has 0 heterocycles. The second kappa shape index (κ2) is 5.71. The van der Waals surface area contributed by atoms with Crippen molar-refractivity contribution in [3.8, 4) is 0 Å². The fourth-order valence-electron chi connectivity index (χ4n) is 0.995. The molecule has 0 aliphatic rings. The van der Waals surface area contributed by atoms with Crippen molar-refractivity contribution in [2.75, 3.05) is 6.61 Å². The second-order valence-corrected chi connectivity index (χ2v) is 2.62. The van der Waals surface area contributed by atoms with E-state index in [2.05, 4.69) is 0 Å². The number of hydrogen-bond acceptors (Lipinski definition) is 3. The molecule has 0 fully saturated rings. The van der Waals surface area contributed by atoms with Crippen molar-refractivity contribution in [2.45, 2.75) is 26.2 Å². The minimum atomic E-state index is -1.09. The van der Waals surface area contributed by atoms with Crippen molar-refractivity contribution in [3.63, 3.8) is 0 Å². The summed E-state index contributed by atoms with van der Waals surface area (Å²) >= 11 is 0. The van der Waals surface area contributed by atoms with Gasteiger partial charge in [-0.2, -0.15) is 0 Å². The first-order valence-corrected chi connectivity index (χ1v) is 3.99. The van der Waals surface area contributed by atoms with E-state index in [4.69, 9.17) is 10.2 Å². The molecule has 0 aliphatic carbocycles. The molecule has 0 bridgehead atoms. The van der Waals surface area contributed by atoms with Crippen molar-refractivity contribution >= 4 is 11.8 Å². The standard InChI is InChI=1S/C8H14O4/c1-2-3-6(8(11)12)7(10)4-5-9/h6,9H,2-5H2,1H3,(H,11,12). The molecule has 0 amide bonds. The maximum absolute atomic E-state index is 11.0. The molecule has 0 aromatic rings. The van der Waals surface area contributed by atoms with Gasteiger partial charge in [0.05, 0.1) is 0 Å². The lowest BCUT2D eigenvalue weighted by Gasteiger charge is -2.07. The highest BCUT2D eigenvalue weighted by Crippen LogP contribution is 2.09. The monoisotopic (exact) mass is 174 g/mol. The summed E-state index contributed by atoms with van der Waals surface area (Å²) < 4.78 is 0. The van der Waals surface area contributed by atoms with Crippen LogP contribution < -0.4 is 0 Å². The van der Waals surface area contributed by atoms with Crippen molar-refractivity contribution in [1.29, 1.82) is 0 Å². The van der Waals surface area contributed by atoms with E-state index in [1.165, 1.54) is 0 Å². The molecule has 0 radical (unpaired) electrons. The van der Waals surface area contributed by atoms with E-state index in [1.54, 1.807) is 0 Å². The van der Waals surface area contributed by atoms with E-state index < -0.39 is 11.9 Å². The number of ketones is 1. The van der Waals surface area contributed by atoms with E-state index in [9.17, 15) is 9.59 Å². The molecule has 0 aromatic carbocycles. The van der Waals surface area contributed by atoms with Gasteiger partial charge in [-0.3, -0.25) is 9.59 Å². The van der Waals surface area contributed by atoms with Crippen LogP contribution in [0.2, 0.25) is 0 Å². The van der Waals surface area contributed by atoms with Gasteiger partial charge in [-0.25, -0.2) is 0 Å². The Hall–Kier alpha value is -0.900. The Labute approximate surface area is 71.2 Å². The Morgan fingerprint density at radius 2 is 2.00 bits per heavy atom. The van der Waals surface area contributed by atoms with Gasteiger partial charge in [-0.15, -0.1) is 0 Å². The maximum Gasteiger partial charge on any atom is 0.314 e. The van der Waals surface area contributed by atoms with Gasteiger partial charge in [0.2, 0.25) is 0 Å². The number of Topliss-reactive ketones (excluding diaryl/α,β-unsaturated/α-hetero) is 1. The summed E-state index contributed by atoms with van der Waals surface area (Å²) in [4.78, 5) is 21.5. The zero-order valence-corrected chi connectivity index (χ0v) is 7.12. The van der Waals surface area contributed by atoms with Crippen molar-refractivity contribution < 1.29 is 19.8 Å². The molecule has 0 saturated heterocycles. The summed E-state index contributed by atoms with van der Waals surface area (Å²) in [6.07, 6.45) is 0.958. The first-order valence-electron chi connectivity index (χ1n) is 3.99. The average Bonchev–Trinajstić information content (AvgIpc) is 1.99. The SMILES string of the molecule is CCCC(C(=O)O)C(=O)CCO. The number of carboxylic acid groups (broad SMARTS) is 1. The number of hydrogen-bond donors (Lipinski definition) is 2. The Bertz CT molecular complexity index is 164. The molecular weight excluding hydrogens is 160 g/mol. The summed E-state index contributed by atoms with van der Waals surface area (Å²) in [5, 5.41) is 17.0. The predicted molar refractivity (Wildman–Crippen MR) is 42.7 cm³/mol. The minimum Gasteiger partial charge on any atom is -0.481 e. The average molecular weight is 174 g/mol. The maximum atomic E-state index is 11.0. The van der Waals surface area contributed by atoms with Crippen LogP contribution in [0.15, 0.2) is 0 Å². The molecule has 0 rings (SSSR count). The smallest absolute Gasteiger partial charge is 0.314 e. The highest BCUT2D eigenvalue weighted by Gasteiger charge is 2.23. The molecule has 70 valence electrons. The number of carbonyl (C=O) groups excluding carboxylic acids is 1. The molecule has 4 heteroatoms. The van der Waals surface area contributed by atoms with E-state index in [0.29, 0.717) is 12.8 Å². The summed E-state index contributed by atoms with van der Waals surface area (Å²) in [5.74, 6) is -2.40. The normalized spacial score (nSPS) is 12.5. The van der Waals surface area contributed by atoms with E-state index in [1.807, 2.05) is 6.92 Å². The zero-order chi connectivity index (χ0) is 9.56. The van der Waals surface area contributed by atoms with Gasteiger partial charge in [-0.05, 0) is 6.42 Å². The highest BCUT2D eigenvalue weighted by atomic mass is 16.4.